The van der Waals surface area contributed by atoms with Crippen LogP contribution in [0.5, 0.6) is 0 Å². The van der Waals surface area contributed by atoms with Crippen molar-refractivity contribution in [2.24, 2.45) is 5.92 Å². The lowest BCUT2D eigenvalue weighted by molar-refractivity contribution is -0.147. The first kappa shape index (κ1) is 30.9. The average molecular weight is 633 g/mol. The summed E-state index contributed by atoms with van der Waals surface area (Å²) in [6.07, 6.45) is 3.03. The smallest absolute Gasteiger partial charge is 0.333 e. The molecule has 1 aliphatic rings. The van der Waals surface area contributed by atoms with Crippen LogP contribution in [0.4, 0.5) is 0 Å². The summed E-state index contributed by atoms with van der Waals surface area (Å²) in [6, 6.07) is 10.2. The summed E-state index contributed by atoms with van der Waals surface area (Å²) in [5, 5.41) is 9.58. The van der Waals surface area contributed by atoms with Crippen LogP contribution in [-0.4, -0.2) is 66.2 Å². The normalized spacial score (nSPS) is 12.2. The summed E-state index contributed by atoms with van der Waals surface area (Å²) in [5.74, 6) is -1.54. The number of ether oxygens (including phenoxy) is 2. The van der Waals surface area contributed by atoms with Gasteiger partial charge in [0.2, 0.25) is 10.3 Å². The fourth-order valence-electron chi connectivity index (χ4n) is 4.17. The van der Waals surface area contributed by atoms with Crippen LogP contribution < -0.4 is 0 Å². The molecule has 2 heterocycles. The fraction of sp³-hybridized carbons (Fsp3) is 0.267. The summed E-state index contributed by atoms with van der Waals surface area (Å²) < 4.78 is 13.4. The molecule has 226 valence electrons. The van der Waals surface area contributed by atoms with Crippen LogP contribution in [-0.2, 0) is 32.2 Å². The van der Waals surface area contributed by atoms with Gasteiger partial charge in [-0.3, -0.25) is 14.4 Å². The molecule has 0 aliphatic heterocycles. The monoisotopic (exact) mass is 632 g/mol. The number of hydrogen-bond donors (Lipinski definition) is 0. The lowest BCUT2D eigenvalue weighted by atomic mass is 9.84. The zero-order valence-electron chi connectivity index (χ0n) is 24.2. The van der Waals surface area contributed by atoms with Gasteiger partial charge in [-0.15, -0.1) is 10.2 Å². The molecular formula is C30H28N6O6S2. The summed E-state index contributed by atoms with van der Waals surface area (Å²) in [7, 11) is 0. The fourth-order valence-corrected chi connectivity index (χ4v) is 5.96. The molecule has 5 rings (SSSR count). The quantitative estimate of drug-likeness (QED) is 0.143. The Morgan fingerprint density at radius 1 is 0.818 bits per heavy atom. The van der Waals surface area contributed by atoms with Gasteiger partial charge in [0.1, 0.15) is 25.9 Å². The highest BCUT2D eigenvalue weighted by molar-refractivity contribution is 7.99. The predicted octanol–water partition coefficient (Wildman–Crippen LogP) is 4.27. The minimum absolute atomic E-state index is 0.105. The number of nitrogens with zero attached hydrogens (tertiary/aromatic N) is 6. The molecule has 44 heavy (non-hydrogen) atoms. The molecule has 1 aliphatic carbocycles. The first-order valence-electron chi connectivity index (χ1n) is 13.6. The van der Waals surface area contributed by atoms with Gasteiger partial charge in [0.25, 0.3) is 0 Å². The SMILES string of the molecule is C=C(C)C(=O)OCCn1cnc(Sc2cccc3c2C(=O)c2cccc(Sc4ncn(CCOC(=O)C(C)C)n4)c2C3=O)n1. The molecule has 2 aromatic carbocycles. The van der Waals surface area contributed by atoms with Crippen LogP contribution in [0.3, 0.4) is 0 Å². The second-order valence-corrected chi connectivity index (χ2v) is 12.1. The third kappa shape index (κ3) is 6.81. The molecule has 0 amide bonds. The van der Waals surface area contributed by atoms with E-state index in [1.54, 1.807) is 61.9 Å². The third-order valence-corrected chi connectivity index (χ3v) is 8.23. The number of carbonyl (C=O) groups excluding carboxylic acids is 4. The minimum atomic E-state index is -0.479. The van der Waals surface area contributed by atoms with Crippen molar-refractivity contribution in [3.05, 3.63) is 83.5 Å². The van der Waals surface area contributed by atoms with Gasteiger partial charge in [-0.25, -0.2) is 24.1 Å². The van der Waals surface area contributed by atoms with Gasteiger partial charge in [-0.1, -0.05) is 44.7 Å². The molecule has 0 spiro atoms. The highest BCUT2D eigenvalue weighted by atomic mass is 32.2. The van der Waals surface area contributed by atoms with Crippen LogP contribution >= 0.6 is 23.5 Å². The number of hydrogen-bond acceptors (Lipinski definition) is 12. The van der Waals surface area contributed by atoms with Crippen molar-refractivity contribution in [1.29, 1.82) is 0 Å². The Balaban J connectivity index is 1.31. The molecular weight excluding hydrogens is 605 g/mol. The lowest BCUT2D eigenvalue weighted by Gasteiger charge is -2.21. The maximum Gasteiger partial charge on any atom is 0.333 e. The van der Waals surface area contributed by atoms with Crippen LogP contribution in [0, 0.1) is 5.92 Å². The third-order valence-electron chi connectivity index (χ3n) is 6.37. The van der Waals surface area contributed by atoms with Crippen molar-refractivity contribution >= 4 is 47.0 Å². The second-order valence-electron chi connectivity index (χ2n) is 10.0. The maximum atomic E-state index is 13.8. The molecule has 0 atom stereocenters. The number of aromatic nitrogens is 6. The summed E-state index contributed by atoms with van der Waals surface area (Å²) in [6.45, 7) is 9.54. The number of benzene rings is 2. The predicted molar refractivity (Wildman–Crippen MR) is 160 cm³/mol. The Bertz CT molecular complexity index is 1780. The van der Waals surface area contributed by atoms with Crippen molar-refractivity contribution in [2.75, 3.05) is 13.2 Å². The van der Waals surface area contributed by atoms with Gasteiger partial charge in [-0.05, 0) is 42.6 Å². The van der Waals surface area contributed by atoms with Gasteiger partial charge in [-0.2, -0.15) is 0 Å². The van der Waals surface area contributed by atoms with Crippen molar-refractivity contribution in [3.8, 4) is 0 Å². The number of fused-ring (bicyclic) bond motifs is 2. The largest absolute Gasteiger partial charge is 0.464 e. The molecule has 2 aromatic heterocycles. The first-order chi connectivity index (χ1) is 21.1. The van der Waals surface area contributed by atoms with E-state index in [0.717, 1.165) is 0 Å². The molecule has 14 heteroatoms. The molecule has 0 unspecified atom stereocenters. The van der Waals surface area contributed by atoms with E-state index in [2.05, 4.69) is 26.7 Å². The van der Waals surface area contributed by atoms with Crippen LogP contribution in [0.1, 0.15) is 52.6 Å². The Hall–Kier alpha value is -4.56. The molecule has 0 saturated carbocycles. The number of ketones is 2. The zero-order chi connectivity index (χ0) is 31.4. The van der Waals surface area contributed by atoms with Crippen molar-refractivity contribution < 1.29 is 28.7 Å². The number of carbonyl (C=O) groups is 4. The topological polar surface area (TPSA) is 148 Å². The van der Waals surface area contributed by atoms with Gasteiger partial charge < -0.3 is 9.47 Å². The van der Waals surface area contributed by atoms with E-state index in [0.29, 0.717) is 55.5 Å². The van der Waals surface area contributed by atoms with Crippen LogP contribution in [0.15, 0.2) is 81.3 Å². The van der Waals surface area contributed by atoms with Crippen molar-refractivity contribution in [2.45, 2.75) is 54.0 Å². The standard InChI is InChI=1S/C30H28N6O6S2/c1-17(2)27(39)41-13-11-35-15-31-29(33-35)43-21-9-5-7-19-23(21)25(37)20-8-6-10-22(24(20)26(19)38)44-30-32-16-36(34-30)12-14-42-28(40)18(3)4/h5-10,15-16,18H,1,11-14H2,2-4H3. The molecule has 4 aromatic rings. The van der Waals surface area contributed by atoms with Crippen molar-refractivity contribution in [3.63, 3.8) is 0 Å². The summed E-state index contributed by atoms with van der Waals surface area (Å²) >= 11 is 2.35. The Labute approximate surface area is 261 Å². The van der Waals surface area contributed by atoms with E-state index in [1.165, 1.54) is 40.9 Å². The highest BCUT2D eigenvalue weighted by Gasteiger charge is 2.34. The Morgan fingerprint density at radius 2 is 1.30 bits per heavy atom. The summed E-state index contributed by atoms with van der Waals surface area (Å²) in [4.78, 5) is 60.6. The highest BCUT2D eigenvalue weighted by Crippen LogP contribution is 2.40. The summed E-state index contributed by atoms with van der Waals surface area (Å²) in [5.41, 5.74) is 1.48. The molecule has 0 saturated heterocycles. The van der Waals surface area contributed by atoms with E-state index in [-0.39, 0.29) is 42.2 Å². The lowest BCUT2D eigenvalue weighted by Crippen LogP contribution is -2.22. The Morgan fingerprint density at radius 3 is 1.75 bits per heavy atom. The molecule has 12 nitrogen and oxygen atoms in total. The van der Waals surface area contributed by atoms with Crippen LogP contribution in [0.2, 0.25) is 0 Å². The number of rotatable bonds is 12. The number of esters is 2. The zero-order valence-corrected chi connectivity index (χ0v) is 25.8. The minimum Gasteiger partial charge on any atom is -0.464 e. The van der Waals surface area contributed by atoms with E-state index >= 15 is 0 Å². The van der Waals surface area contributed by atoms with Gasteiger partial charge in [0.05, 0.1) is 19.0 Å². The van der Waals surface area contributed by atoms with Gasteiger partial charge in [0.15, 0.2) is 11.6 Å². The van der Waals surface area contributed by atoms with E-state index in [4.69, 9.17) is 9.47 Å². The maximum absolute atomic E-state index is 13.8. The average Bonchev–Trinajstić information content (AvgIpc) is 3.64. The van der Waals surface area contributed by atoms with E-state index in [1.807, 2.05) is 0 Å². The molecule has 0 N–H and O–H groups in total. The van der Waals surface area contributed by atoms with E-state index < -0.39 is 5.97 Å². The first-order valence-corrected chi connectivity index (χ1v) is 15.2. The van der Waals surface area contributed by atoms with E-state index in [9.17, 15) is 19.2 Å². The van der Waals surface area contributed by atoms with Gasteiger partial charge in [0, 0.05) is 37.6 Å². The molecule has 0 radical (unpaired) electrons. The van der Waals surface area contributed by atoms with Crippen LogP contribution in [0.25, 0.3) is 0 Å². The van der Waals surface area contributed by atoms with Gasteiger partial charge >= 0.3 is 11.9 Å². The Kier molecular flexibility index (Phi) is 9.40. The molecule has 0 fully saturated rings. The second kappa shape index (κ2) is 13.4. The van der Waals surface area contributed by atoms with Crippen molar-refractivity contribution in [1.82, 2.24) is 29.5 Å². The molecule has 0 bridgehead atoms.